The molecule has 0 saturated carbocycles. The molecule has 0 saturated heterocycles. The number of alkyl halides is 1. The van der Waals surface area contributed by atoms with E-state index in [1.165, 1.54) is 13.0 Å². The summed E-state index contributed by atoms with van der Waals surface area (Å²) in [5.74, 6) is -1.16. The van der Waals surface area contributed by atoms with Crippen LogP contribution >= 0.6 is 15.9 Å². The lowest BCUT2D eigenvalue weighted by Gasteiger charge is -2.15. The van der Waals surface area contributed by atoms with Gasteiger partial charge in [0.2, 0.25) is 0 Å². The van der Waals surface area contributed by atoms with E-state index in [1.807, 2.05) is 0 Å². The van der Waals surface area contributed by atoms with Crippen molar-refractivity contribution < 1.29 is 24.5 Å². The van der Waals surface area contributed by atoms with E-state index in [9.17, 15) is 14.7 Å². The summed E-state index contributed by atoms with van der Waals surface area (Å²) in [6.07, 6.45) is -1.65. The van der Waals surface area contributed by atoms with Gasteiger partial charge in [-0.1, -0.05) is 28.1 Å². The highest BCUT2D eigenvalue weighted by molar-refractivity contribution is 9.09. The van der Waals surface area contributed by atoms with E-state index in [4.69, 9.17) is 9.84 Å². The molecule has 2 atom stereocenters. The molecule has 1 aromatic rings. The lowest BCUT2D eigenvalue weighted by molar-refractivity contribution is -0.147. The Morgan fingerprint density at radius 1 is 1.42 bits per heavy atom. The second-order valence-electron chi connectivity index (χ2n) is 3.94. The molecule has 0 aromatic heterocycles. The van der Waals surface area contributed by atoms with Crippen molar-refractivity contribution in [1.29, 1.82) is 0 Å². The second kappa shape index (κ2) is 6.68. The van der Waals surface area contributed by atoms with Crippen LogP contribution in [0.4, 0.5) is 0 Å². The van der Waals surface area contributed by atoms with E-state index in [0.29, 0.717) is 12.2 Å². The van der Waals surface area contributed by atoms with Crippen LogP contribution in [0.5, 0.6) is 5.75 Å². The molecule has 2 unspecified atom stereocenters. The Balaban J connectivity index is 3.21. The number of aliphatic hydroxyl groups is 1. The highest BCUT2D eigenvalue weighted by Gasteiger charge is 2.22. The molecule has 0 fully saturated rings. The highest BCUT2D eigenvalue weighted by Crippen LogP contribution is 2.32. The summed E-state index contributed by atoms with van der Waals surface area (Å²) in [5.41, 5.74) is 0.818. The SMILES string of the molecule is CCOc1cc(C(Br)C(C)=O)ccc1C(O)C(=O)O. The first kappa shape index (κ1) is 15.7. The molecule has 0 spiro atoms. The van der Waals surface area contributed by atoms with E-state index in [-0.39, 0.29) is 17.1 Å². The summed E-state index contributed by atoms with van der Waals surface area (Å²) in [6, 6.07) is 4.60. The Hall–Kier alpha value is -1.40. The summed E-state index contributed by atoms with van der Waals surface area (Å²) in [4.78, 5) is 21.6. The molecule has 0 bridgehead atoms. The van der Waals surface area contributed by atoms with Gasteiger partial charge in [0.15, 0.2) is 6.10 Å². The third-order valence-electron chi connectivity index (χ3n) is 2.52. The predicted molar refractivity (Wildman–Crippen MR) is 72.6 cm³/mol. The number of ether oxygens (including phenoxy) is 1. The van der Waals surface area contributed by atoms with Crippen LogP contribution in [0.15, 0.2) is 18.2 Å². The minimum Gasteiger partial charge on any atom is -0.493 e. The number of rotatable bonds is 6. The fraction of sp³-hybridized carbons (Fsp3) is 0.385. The van der Waals surface area contributed by atoms with Crippen LogP contribution in [0.1, 0.15) is 35.9 Å². The number of hydrogen-bond acceptors (Lipinski definition) is 4. The Bertz CT molecular complexity index is 486. The smallest absolute Gasteiger partial charge is 0.337 e. The average Bonchev–Trinajstić information content (AvgIpc) is 2.37. The number of carboxylic acid groups (broad SMARTS) is 1. The van der Waals surface area contributed by atoms with Crippen molar-refractivity contribution in [2.45, 2.75) is 24.8 Å². The summed E-state index contributed by atoms with van der Waals surface area (Å²) >= 11 is 3.24. The van der Waals surface area contributed by atoms with Gasteiger partial charge in [0.05, 0.1) is 11.4 Å². The molecule has 0 aliphatic rings. The molecule has 5 nitrogen and oxygen atoms in total. The number of halogens is 1. The first-order valence-electron chi connectivity index (χ1n) is 5.70. The second-order valence-corrected chi connectivity index (χ2v) is 4.86. The van der Waals surface area contributed by atoms with Crippen molar-refractivity contribution in [2.24, 2.45) is 0 Å². The Kier molecular flexibility index (Phi) is 5.50. The molecule has 1 rings (SSSR count). The zero-order valence-corrected chi connectivity index (χ0v) is 12.2. The standard InChI is InChI=1S/C13H15BrO5/c1-3-19-10-6-8(11(14)7(2)15)4-5-9(10)12(16)13(17)18/h4-6,11-12,16H,3H2,1-2H3,(H,17,18). The maximum atomic E-state index is 11.3. The van der Waals surface area contributed by atoms with Crippen LogP contribution in [-0.4, -0.2) is 28.6 Å². The van der Waals surface area contributed by atoms with Gasteiger partial charge in [-0.15, -0.1) is 0 Å². The summed E-state index contributed by atoms with van der Waals surface area (Å²) < 4.78 is 5.32. The van der Waals surface area contributed by atoms with E-state index < -0.39 is 16.9 Å². The van der Waals surface area contributed by atoms with Crippen LogP contribution in [0.2, 0.25) is 0 Å². The molecule has 2 N–H and O–H groups in total. The maximum absolute atomic E-state index is 11.3. The van der Waals surface area contributed by atoms with Crippen LogP contribution in [0, 0.1) is 0 Å². The van der Waals surface area contributed by atoms with Crippen molar-refractivity contribution in [2.75, 3.05) is 6.61 Å². The van der Waals surface area contributed by atoms with Gasteiger partial charge in [-0.2, -0.15) is 0 Å². The third kappa shape index (κ3) is 3.78. The van der Waals surface area contributed by atoms with Gasteiger partial charge in [-0.3, -0.25) is 4.79 Å². The lowest BCUT2D eigenvalue weighted by atomic mass is 10.0. The first-order chi connectivity index (χ1) is 8.88. The highest BCUT2D eigenvalue weighted by atomic mass is 79.9. The molecule has 0 aliphatic heterocycles. The fourth-order valence-corrected chi connectivity index (χ4v) is 1.87. The topological polar surface area (TPSA) is 83.8 Å². The molecule has 104 valence electrons. The van der Waals surface area contributed by atoms with Crippen LogP contribution in [0.3, 0.4) is 0 Å². The first-order valence-corrected chi connectivity index (χ1v) is 6.62. The van der Waals surface area contributed by atoms with Gasteiger partial charge in [0, 0.05) is 5.56 Å². The van der Waals surface area contributed by atoms with Crippen molar-refractivity contribution in [1.82, 2.24) is 0 Å². The molecule has 1 aromatic carbocycles. The summed E-state index contributed by atoms with van der Waals surface area (Å²) in [7, 11) is 0. The Morgan fingerprint density at radius 3 is 2.53 bits per heavy atom. The number of carboxylic acids is 1. The van der Waals surface area contributed by atoms with Crippen LogP contribution < -0.4 is 4.74 Å². The van der Waals surface area contributed by atoms with Crippen molar-refractivity contribution >= 4 is 27.7 Å². The minimum absolute atomic E-state index is 0.0750. The zero-order chi connectivity index (χ0) is 14.6. The number of aliphatic hydroxyl groups excluding tert-OH is 1. The Morgan fingerprint density at radius 2 is 2.05 bits per heavy atom. The van der Waals surface area contributed by atoms with Crippen LogP contribution in [-0.2, 0) is 9.59 Å². The quantitative estimate of drug-likeness (QED) is 0.781. The van der Waals surface area contributed by atoms with E-state index in [0.717, 1.165) is 0 Å². The summed E-state index contributed by atoms with van der Waals surface area (Å²) in [6.45, 7) is 3.52. The molecular formula is C13H15BrO5. The third-order valence-corrected chi connectivity index (χ3v) is 3.69. The zero-order valence-electron chi connectivity index (χ0n) is 10.6. The van der Waals surface area contributed by atoms with E-state index in [1.54, 1.807) is 19.1 Å². The normalized spacial score (nSPS) is 13.7. The van der Waals surface area contributed by atoms with E-state index >= 15 is 0 Å². The van der Waals surface area contributed by atoms with Gasteiger partial charge in [-0.25, -0.2) is 4.79 Å². The predicted octanol–water partition coefficient (Wildman–Crippen LogP) is 2.23. The van der Waals surface area contributed by atoms with E-state index in [2.05, 4.69) is 15.9 Å². The lowest BCUT2D eigenvalue weighted by Crippen LogP contribution is -2.13. The van der Waals surface area contributed by atoms with Gasteiger partial charge >= 0.3 is 5.97 Å². The van der Waals surface area contributed by atoms with Gasteiger partial charge in [0.25, 0.3) is 0 Å². The van der Waals surface area contributed by atoms with Crippen molar-refractivity contribution in [3.05, 3.63) is 29.3 Å². The molecule has 19 heavy (non-hydrogen) atoms. The van der Waals surface area contributed by atoms with Crippen molar-refractivity contribution in [3.63, 3.8) is 0 Å². The largest absolute Gasteiger partial charge is 0.493 e. The molecule has 6 heteroatoms. The number of carbonyl (C=O) groups excluding carboxylic acids is 1. The summed E-state index contributed by atoms with van der Waals surface area (Å²) in [5, 5.41) is 18.4. The average molecular weight is 331 g/mol. The number of carbonyl (C=O) groups is 2. The number of Topliss-reactive ketones (excluding diaryl/α,β-unsaturated/α-hetero) is 1. The van der Waals surface area contributed by atoms with Gasteiger partial charge < -0.3 is 14.9 Å². The minimum atomic E-state index is -1.65. The number of ketones is 1. The molecular weight excluding hydrogens is 316 g/mol. The number of hydrogen-bond donors (Lipinski definition) is 2. The van der Waals surface area contributed by atoms with Gasteiger partial charge in [0.1, 0.15) is 11.5 Å². The van der Waals surface area contributed by atoms with Crippen molar-refractivity contribution in [3.8, 4) is 5.75 Å². The molecule has 0 aliphatic carbocycles. The molecule has 0 radical (unpaired) electrons. The monoisotopic (exact) mass is 330 g/mol. The maximum Gasteiger partial charge on any atom is 0.337 e. The fourth-order valence-electron chi connectivity index (χ4n) is 1.58. The number of aliphatic carboxylic acids is 1. The Labute approximate surface area is 119 Å². The molecule has 0 heterocycles. The molecule has 0 amide bonds. The number of benzene rings is 1. The van der Waals surface area contributed by atoms with Gasteiger partial charge in [-0.05, 0) is 25.5 Å². The van der Waals surface area contributed by atoms with Crippen LogP contribution in [0.25, 0.3) is 0 Å².